The molecule has 0 unspecified atom stereocenters. The third-order valence-electron chi connectivity index (χ3n) is 8.47. The Hall–Kier alpha value is -2.72. The lowest BCUT2D eigenvalue weighted by Gasteiger charge is -2.39. The second kappa shape index (κ2) is 14.6. The Bertz CT molecular complexity index is 1300. The summed E-state index contributed by atoms with van der Waals surface area (Å²) >= 11 is 1.33. The monoisotopic (exact) mass is 698 g/mol. The van der Waals surface area contributed by atoms with E-state index in [-0.39, 0.29) is 27.1 Å². The second-order valence-corrected chi connectivity index (χ2v) is 26.0. The molecule has 0 saturated heterocycles. The van der Waals surface area contributed by atoms with Gasteiger partial charge in [0.2, 0.25) is 22.5 Å². The van der Waals surface area contributed by atoms with Crippen LogP contribution in [0.2, 0.25) is 36.3 Å². The number of nitrogens with one attached hydrogen (secondary N) is 2. The van der Waals surface area contributed by atoms with Crippen molar-refractivity contribution in [1.82, 2.24) is 10.6 Å². The van der Waals surface area contributed by atoms with Crippen molar-refractivity contribution in [2.75, 3.05) is 19.5 Å². The topological polar surface area (TPSA) is 138 Å². The van der Waals surface area contributed by atoms with Gasteiger partial charge >= 0.3 is 18.0 Å². The minimum Gasteiger partial charge on any atom is -0.543 e. The van der Waals surface area contributed by atoms with Gasteiger partial charge in [-0.1, -0.05) is 41.5 Å². The van der Waals surface area contributed by atoms with Gasteiger partial charge in [0, 0.05) is 23.1 Å². The van der Waals surface area contributed by atoms with E-state index in [1.54, 1.807) is 26.8 Å². The molecule has 2 N–H and O–H groups in total. The van der Waals surface area contributed by atoms with Crippen molar-refractivity contribution in [3.63, 3.8) is 0 Å². The van der Waals surface area contributed by atoms with Crippen LogP contribution in [0.15, 0.2) is 12.1 Å². The summed E-state index contributed by atoms with van der Waals surface area (Å²) in [5.41, 5.74) is -0.0213. The average molecular weight is 699 g/mol. The standard InChI is InChI=1S/C32H54N2O9SSi2/c1-30(2,3)41-29(38)34-23-17-40-27(36)21-15-20(42-45(11,12)31(4,5)6)16-25(43-46(13,14)32(7,8)9)22(21)18-44-19-24(28(37)39-10)33-26(23)35/h15-16,23-24H,17-19H2,1-14H3,(H,33,35)(H,34,38)/t23-,24-/m0/s1. The summed E-state index contributed by atoms with van der Waals surface area (Å²) < 4.78 is 29.5. The van der Waals surface area contributed by atoms with Crippen LogP contribution in [0.4, 0.5) is 4.79 Å². The average Bonchev–Trinajstić information content (AvgIpc) is 2.87. The lowest BCUT2D eigenvalue weighted by Crippen LogP contribution is -2.55. The van der Waals surface area contributed by atoms with Gasteiger partial charge in [0.15, 0.2) is 0 Å². The van der Waals surface area contributed by atoms with E-state index in [0.29, 0.717) is 17.1 Å². The molecule has 1 aliphatic rings. The third-order valence-corrected chi connectivity index (χ3v) is 18.2. The van der Waals surface area contributed by atoms with Gasteiger partial charge in [0.25, 0.3) is 0 Å². The number of fused-ring (bicyclic) bond motifs is 1. The molecule has 2 rings (SSSR count). The molecule has 1 aliphatic heterocycles. The molecule has 0 fully saturated rings. The maximum atomic E-state index is 13.9. The van der Waals surface area contributed by atoms with E-state index in [0.717, 1.165) is 0 Å². The van der Waals surface area contributed by atoms with E-state index in [9.17, 15) is 19.2 Å². The summed E-state index contributed by atoms with van der Waals surface area (Å²) in [5.74, 6) is -0.673. The molecule has 46 heavy (non-hydrogen) atoms. The predicted molar refractivity (Wildman–Crippen MR) is 186 cm³/mol. The summed E-state index contributed by atoms with van der Waals surface area (Å²) in [6, 6.07) is 1.13. The summed E-state index contributed by atoms with van der Waals surface area (Å²) in [7, 11) is -3.51. The normalized spacial score (nSPS) is 18.9. The number of rotatable bonds is 6. The summed E-state index contributed by atoms with van der Waals surface area (Å²) in [6.45, 7) is 25.8. The number of methoxy groups -OCH3 is 1. The van der Waals surface area contributed by atoms with Crippen LogP contribution in [0.3, 0.4) is 0 Å². The zero-order valence-electron chi connectivity index (χ0n) is 30.0. The molecule has 1 aromatic rings. The van der Waals surface area contributed by atoms with Crippen LogP contribution in [-0.4, -0.2) is 77.7 Å². The molecule has 0 aliphatic carbocycles. The number of carbonyl (C=O) groups excluding carboxylic acids is 4. The molecule has 0 radical (unpaired) electrons. The highest BCUT2D eigenvalue weighted by Crippen LogP contribution is 2.43. The van der Waals surface area contributed by atoms with Gasteiger partial charge in [-0.05, 0) is 63.1 Å². The lowest BCUT2D eigenvalue weighted by molar-refractivity contribution is -0.144. The van der Waals surface area contributed by atoms with Crippen molar-refractivity contribution < 1.29 is 42.2 Å². The molecule has 14 heteroatoms. The fraction of sp³-hybridized carbons (Fsp3) is 0.688. The Morgan fingerprint density at radius 1 is 0.935 bits per heavy atom. The Morgan fingerprint density at radius 2 is 1.50 bits per heavy atom. The van der Waals surface area contributed by atoms with Gasteiger partial charge in [0.05, 0.1) is 12.7 Å². The van der Waals surface area contributed by atoms with Crippen molar-refractivity contribution in [2.24, 2.45) is 0 Å². The first-order valence-corrected chi connectivity index (χ1v) is 22.4. The summed E-state index contributed by atoms with van der Waals surface area (Å²) in [6.07, 6.45) is -0.879. The number of ether oxygens (including phenoxy) is 3. The quantitative estimate of drug-likeness (QED) is 0.195. The van der Waals surface area contributed by atoms with Gasteiger partial charge < -0.3 is 33.7 Å². The highest BCUT2D eigenvalue weighted by atomic mass is 32.2. The lowest BCUT2D eigenvalue weighted by atomic mass is 10.1. The minimum absolute atomic E-state index is 0.115. The van der Waals surface area contributed by atoms with E-state index < -0.39 is 64.9 Å². The van der Waals surface area contributed by atoms with E-state index in [1.807, 2.05) is 6.07 Å². The number of hydrogen-bond donors (Lipinski definition) is 2. The van der Waals surface area contributed by atoms with Crippen LogP contribution in [0.25, 0.3) is 0 Å². The smallest absolute Gasteiger partial charge is 0.408 e. The number of thioether (sulfide) groups is 1. The molecule has 1 heterocycles. The second-order valence-electron chi connectivity index (χ2n) is 15.6. The van der Waals surface area contributed by atoms with E-state index in [2.05, 4.69) is 78.4 Å². The number of alkyl carbamates (subject to hydrolysis) is 1. The maximum Gasteiger partial charge on any atom is 0.408 e. The zero-order valence-corrected chi connectivity index (χ0v) is 32.8. The van der Waals surface area contributed by atoms with Crippen molar-refractivity contribution in [2.45, 2.75) is 122 Å². The van der Waals surface area contributed by atoms with Crippen LogP contribution in [0.1, 0.15) is 78.2 Å². The first-order valence-electron chi connectivity index (χ1n) is 15.5. The largest absolute Gasteiger partial charge is 0.543 e. The molecule has 2 amide bonds. The molecule has 260 valence electrons. The molecule has 0 bridgehead atoms. The number of amides is 2. The molecular formula is C32H54N2O9SSi2. The number of carbonyl (C=O) groups is 4. The van der Waals surface area contributed by atoms with Gasteiger partial charge in [-0.15, -0.1) is 0 Å². The Kier molecular flexibility index (Phi) is 12.5. The predicted octanol–water partition coefficient (Wildman–Crippen LogP) is 6.41. The summed E-state index contributed by atoms with van der Waals surface area (Å²) in [5, 5.41) is 4.84. The van der Waals surface area contributed by atoms with Gasteiger partial charge in [-0.25, -0.2) is 14.4 Å². The Balaban J connectivity index is 2.71. The fourth-order valence-corrected chi connectivity index (χ4v) is 6.83. The van der Waals surface area contributed by atoms with Crippen molar-refractivity contribution in [3.05, 3.63) is 23.3 Å². The van der Waals surface area contributed by atoms with Crippen LogP contribution < -0.4 is 19.5 Å². The summed E-state index contributed by atoms with van der Waals surface area (Å²) in [4.78, 5) is 52.5. The van der Waals surface area contributed by atoms with E-state index in [4.69, 9.17) is 23.1 Å². The van der Waals surface area contributed by atoms with Gasteiger partial charge in [-0.2, -0.15) is 11.8 Å². The van der Waals surface area contributed by atoms with E-state index >= 15 is 0 Å². The molecule has 2 atom stereocenters. The van der Waals surface area contributed by atoms with Gasteiger partial charge in [0.1, 0.15) is 35.8 Å². The molecule has 11 nitrogen and oxygen atoms in total. The Labute approximate surface area is 280 Å². The molecule has 0 aromatic heterocycles. The number of esters is 2. The molecule has 0 spiro atoms. The number of cyclic esters (lactones) is 1. The first kappa shape index (κ1) is 39.5. The number of benzene rings is 1. The SMILES string of the molecule is COC(=O)[C@@H]1CSCc2c(O[Si](C)(C)C(C)(C)C)cc(O[Si](C)(C)C(C)(C)C)cc2C(=O)OC[C@H](NC(=O)OC(C)(C)C)C(=O)N1. The van der Waals surface area contributed by atoms with Crippen LogP contribution in [0.5, 0.6) is 11.5 Å². The zero-order chi connectivity index (χ0) is 35.5. The van der Waals surface area contributed by atoms with Crippen LogP contribution >= 0.6 is 11.8 Å². The van der Waals surface area contributed by atoms with Crippen molar-refractivity contribution >= 4 is 52.3 Å². The third kappa shape index (κ3) is 10.7. The first-order chi connectivity index (χ1) is 20.8. The minimum atomic E-state index is -2.41. The number of hydrogen-bond acceptors (Lipinski definition) is 10. The Morgan fingerprint density at radius 3 is 2.02 bits per heavy atom. The van der Waals surface area contributed by atoms with Crippen LogP contribution in [-0.2, 0) is 29.6 Å². The van der Waals surface area contributed by atoms with Crippen molar-refractivity contribution in [3.8, 4) is 11.5 Å². The molecule has 1 aromatic carbocycles. The maximum absolute atomic E-state index is 13.9. The van der Waals surface area contributed by atoms with Crippen molar-refractivity contribution in [1.29, 1.82) is 0 Å². The van der Waals surface area contributed by atoms with Crippen LogP contribution in [0, 0.1) is 0 Å². The van der Waals surface area contributed by atoms with E-state index in [1.165, 1.54) is 18.9 Å². The molecule has 0 saturated carbocycles. The molecular weight excluding hydrogens is 645 g/mol. The highest BCUT2D eigenvalue weighted by Gasteiger charge is 2.42. The fourth-order valence-electron chi connectivity index (χ4n) is 3.71. The highest BCUT2D eigenvalue weighted by molar-refractivity contribution is 7.98. The van der Waals surface area contributed by atoms with Gasteiger partial charge in [-0.3, -0.25) is 4.79 Å².